The maximum Gasteiger partial charge on any atom is 0.312 e. The van der Waals surface area contributed by atoms with Gasteiger partial charge >= 0.3 is 5.95 Å². The van der Waals surface area contributed by atoms with Crippen molar-refractivity contribution >= 4 is 5.71 Å². The number of aromatic hydroxyl groups is 1. The highest BCUT2D eigenvalue weighted by atomic mass is 16.5. The molecule has 1 aliphatic rings. The molecule has 0 atom stereocenters. The van der Waals surface area contributed by atoms with E-state index >= 15 is 0 Å². The number of benzene rings is 1. The molecule has 1 aromatic carbocycles. The zero-order valence-electron chi connectivity index (χ0n) is 13.3. The zero-order chi connectivity index (χ0) is 16.2. The summed E-state index contributed by atoms with van der Waals surface area (Å²) in [7, 11) is 3.15. The van der Waals surface area contributed by atoms with Crippen LogP contribution in [0.15, 0.2) is 27.6 Å². The molecule has 2 heterocycles. The van der Waals surface area contributed by atoms with Crippen LogP contribution in [0.25, 0.3) is 11.5 Å². The maximum absolute atomic E-state index is 10.1. The van der Waals surface area contributed by atoms with Crippen molar-refractivity contribution in [3.8, 4) is 28.9 Å². The topological polar surface area (TPSA) is 77.1 Å². The lowest BCUT2D eigenvalue weighted by atomic mass is 10.1. The van der Waals surface area contributed by atoms with Crippen LogP contribution in [0, 0.1) is 0 Å². The average Bonchev–Trinajstić information content (AvgIpc) is 2.79. The van der Waals surface area contributed by atoms with Crippen LogP contribution in [-0.4, -0.2) is 36.6 Å². The largest absolute Gasteiger partial charge is 0.493 e. The molecule has 0 aliphatic carbocycles. The van der Waals surface area contributed by atoms with Crippen LogP contribution in [0.5, 0.6) is 17.4 Å². The van der Waals surface area contributed by atoms with Gasteiger partial charge in [0.05, 0.1) is 19.9 Å². The molecule has 122 valence electrons. The lowest BCUT2D eigenvalue weighted by Crippen LogP contribution is -2.01. The second-order valence-electron chi connectivity index (χ2n) is 5.38. The molecule has 2 aromatic rings. The van der Waals surface area contributed by atoms with Crippen molar-refractivity contribution in [2.45, 2.75) is 25.7 Å². The van der Waals surface area contributed by atoms with E-state index in [2.05, 4.69) is 9.98 Å². The molecule has 1 N–H and O–H groups in total. The van der Waals surface area contributed by atoms with E-state index in [1.807, 2.05) is 6.07 Å². The standard InChI is InChI=1S/C17H20N2O4/c1-21-13-8-7-11(10-14(13)22-2)16-19-15(17(20)23-16)12-6-4-3-5-9-18-12/h7-8,10,20H,3-6,9H2,1-2H3. The molecule has 0 radical (unpaired) electrons. The summed E-state index contributed by atoms with van der Waals surface area (Å²) in [5, 5.41) is 10.1. The number of oxazole rings is 1. The highest BCUT2D eigenvalue weighted by molar-refractivity contribution is 6.01. The molecule has 0 amide bonds. The average molecular weight is 316 g/mol. The highest BCUT2D eigenvalue weighted by Gasteiger charge is 2.20. The lowest BCUT2D eigenvalue weighted by molar-refractivity contribution is 0.336. The van der Waals surface area contributed by atoms with Crippen molar-refractivity contribution < 1.29 is 19.0 Å². The van der Waals surface area contributed by atoms with Gasteiger partial charge < -0.3 is 19.0 Å². The Bertz CT molecular complexity index is 721. The quantitative estimate of drug-likeness (QED) is 0.935. The van der Waals surface area contributed by atoms with Gasteiger partial charge in [-0.05, 0) is 37.5 Å². The van der Waals surface area contributed by atoms with Gasteiger partial charge in [0, 0.05) is 12.1 Å². The van der Waals surface area contributed by atoms with Crippen molar-refractivity contribution in [1.82, 2.24) is 4.98 Å². The summed E-state index contributed by atoms with van der Waals surface area (Å²) in [5.41, 5.74) is 1.96. The van der Waals surface area contributed by atoms with Gasteiger partial charge in [-0.15, -0.1) is 0 Å². The van der Waals surface area contributed by atoms with Crippen LogP contribution in [-0.2, 0) is 0 Å². The molecule has 6 heteroatoms. The molecule has 0 fully saturated rings. The van der Waals surface area contributed by atoms with Crippen LogP contribution in [0.2, 0.25) is 0 Å². The first-order chi connectivity index (χ1) is 11.2. The van der Waals surface area contributed by atoms with Gasteiger partial charge in [0.1, 0.15) is 0 Å². The van der Waals surface area contributed by atoms with E-state index in [4.69, 9.17) is 13.9 Å². The minimum Gasteiger partial charge on any atom is -0.493 e. The van der Waals surface area contributed by atoms with Gasteiger partial charge in [0.25, 0.3) is 0 Å². The van der Waals surface area contributed by atoms with E-state index in [1.54, 1.807) is 26.4 Å². The summed E-state index contributed by atoms with van der Waals surface area (Å²) in [6.07, 6.45) is 4.08. The number of aliphatic imine (C=N–C) groups is 1. The van der Waals surface area contributed by atoms with E-state index in [9.17, 15) is 5.11 Å². The molecule has 1 aliphatic heterocycles. The van der Waals surface area contributed by atoms with Crippen LogP contribution in [0.4, 0.5) is 0 Å². The van der Waals surface area contributed by atoms with Crippen LogP contribution in [0.1, 0.15) is 31.4 Å². The summed E-state index contributed by atoms with van der Waals surface area (Å²) < 4.78 is 15.9. The molecule has 0 saturated heterocycles. The third-order valence-corrected chi connectivity index (χ3v) is 3.89. The van der Waals surface area contributed by atoms with Crippen LogP contribution in [0.3, 0.4) is 0 Å². The monoisotopic (exact) mass is 316 g/mol. The number of rotatable bonds is 4. The molecule has 0 saturated carbocycles. The fourth-order valence-electron chi connectivity index (χ4n) is 2.66. The Morgan fingerprint density at radius 1 is 1.09 bits per heavy atom. The third kappa shape index (κ3) is 3.16. The Morgan fingerprint density at radius 2 is 1.91 bits per heavy atom. The zero-order valence-corrected chi connectivity index (χ0v) is 13.3. The maximum atomic E-state index is 10.1. The molecule has 1 aromatic heterocycles. The normalized spacial score (nSPS) is 15.0. The van der Waals surface area contributed by atoms with E-state index in [1.165, 1.54) is 0 Å². The van der Waals surface area contributed by atoms with E-state index in [-0.39, 0.29) is 5.95 Å². The summed E-state index contributed by atoms with van der Waals surface area (Å²) in [6.45, 7) is 0.771. The number of aromatic nitrogens is 1. The number of methoxy groups -OCH3 is 2. The van der Waals surface area contributed by atoms with Gasteiger partial charge in [-0.3, -0.25) is 4.99 Å². The molecule has 0 unspecified atom stereocenters. The van der Waals surface area contributed by atoms with Gasteiger partial charge in [-0.2, -0.15) is 0 Å². The molecular formula is C17H20N2O4. The van der Waals surface area contributed by atoms with Crippen LogP contribution >= 0.6 is 0 Å². The second kappa shape index (κ2) is 6.73. The first kappa shape index (κ1) is 15.4. The van der Waals surface area contributed by atoms with Gasteiger partial charge in [0.2, 0.25) is 5.89 Å². The number of ether oxygens (including phenoxy) is 2. The molecule has 23 heavy (non-hydrogen) atoms. The Balaban J connectivity index is 1.95. The summed E-state index contributed by atoms with van der Waals surface area (Å²) in [5.74, 6) is 1.36. The number of hydrogen-bond acceptors (Lipinski definition) is 6. The third-order valence-electron chi connectivity index (χ3n) is 3.89. The predicted molar refractivity (Wildman–Crippen MR) is 86.6 cm³/mol. The minimum absolute atomic E-state index is 0.185. The Hall–Kier alpha value is -2.50. The summed E-state index contributed by atoms with van der Waals surface area (Å²) >= 11 is 0. The van der Waals surface area contributed by atoms with Crippen molar-refractivity contribution in [2.24, 2.45) is 4.99 Å². The predicted octanol–water partition coefficient (Wildman–Crippen LogP) is 3.43. The van der Waals surface area contributed by atoms with Gasteiger partial charge in [-0.25, -0.2) is 4.98 Å². The van der Waals surface area contributed by atoms with Crippen LogP contribution < -0.4 is 9.47 Å². The van der Waals surface area contributed by atoms with Crippen molar-refractivity contribution in [3.63, 3.8) is 0 Å². The Labute approximate surface area is 134 Å². The number of nitrogens with zero attached hydrogens (tertiary/aromatic N) is 2. The van der Waals surface area contributed by atoms with Crippen molar-refractivity contribution in [2.75, 3.05) is 20.8 Å². The van der Waals surface area contributed by atoms with Crippen molar-refractivity contribution in [3.05, 3.63) is 23.9 Å². The van der Waals surface area contributed by atoms with E-state index in [0.29, 0.717) is 28.6 Å². The van der Waals surface area contributed by atoms with E-state index in [0.717, 1.165) is 37.9 Å². The molecular weight excluding hydrogens is 296 g/mol. The first-order valence-electron chi connectivity index (χ1n) is 7.69. The first-order valence-corrected chi connectivity index (χ1v) is 7.69. The Kier molecular flexibility index (Phi) is 4.50. The highest BCUT2D eigenvalue weighted by Crippen LogP contribution is 2.34. The number of hydrogen-bond donors (Lipinski definition) is 1. The van der Waals surface area contributed by atoms with Gasteiger partial charge in [0.15, 0.2) is 17.2 Å². The van der Waals surface area contributed by atoms with Gasteiger partial charge in [-0.1, -0.05) is 6.42 Å². The molecule has 3 rings (SSSR count). The second-order valence-corrected chi connectivity index (χ2v) is 5.38. The summed E-state index contributed by atoms with van der Waals surface area (Å²) in [6, 6.07) is 5.35. The fourth-order valence-corrected chi connectivity index (χ4v) is 2.66. The van der Waals surface area contributed by atoms with Crippen molar-refractivity contribution in [1.29, 1.82) is 0 Å². The smallest absolute Gasteiger partial charge is 0.312 e. The lowest BCUT2D eigenvalue weighted by Gasteiger charge is -2.07. The van der Waals surface area contributed by atoms with E-state index < -0.39 is 0 Å². The molecule has 0 bridgehead atoms. The summed E-state index contributed by atoms with van der Waals surface area (Å²) in [4.78, 5) is 8.94. The minimum atomic E-state index is -0.185. The molecule has 6 nitrogen and oxygen atoms in total. The SMILES string of the molecule is COc1ccc(-c2nc(C3=NCCCCC3)c(O)o2)cc1OC. The Morgan fingerprint density at radius 3 is 2.70 bits per heavy atom. The fraction of sp³-hybridized carbons (Fsp3) is 0.412. The molecule has 0 spiro atoms.